The fourth-order valence-electron chi connectivity index (χ4n) is 2.19. The van der Waals surface area contributed by atoms with Gasteiger partial charge in [-0.1, -0.05) is 6.92 Å². The second-order valence-electron chi connectivity index (χ2n) is 4.74. The van der Waals surface area contributed by atoms with Crippen molar-refractivity contribution in [3.63, 3.8) is 0 Å². The summed E-state index contributed by atoms with van der Waals surface area (Å²) in [6, 6.07) is 3.64. The minimum Gasteiger partial charge on any atom is -0.392 e. The monoisotopic (exact) mass is 251 g/mol. The van der Waals surface area contributed by atoms with Gasteiger partial charge in [0, 0.05) is 38.9 Å². The standard InChI is InChI=1S/C13H21N3O2/c1-2-11(17)10-15-6-8-16(9-7-15)13(18)12-4-3-5-14-12/h3-5,11,14,17H,2,6-10H2,1H3/t11-/m0/s1. The van der Waals surface area contributed by atoms with Gasteiger partial charge in [0.25, 0.3) is 5.91 Å². The van der Waals surface area contributed by atoms with Crippen LogP contribution in [0.1, 0.15) is 23.8 Å². The van der Waals surface area contributed by atoms with E-state index in [0.29, 0.717) is 12.2 Å². The molecule has 1 saturated heterocycles. The number of carbonyl (C=O) groups is 1. The van der Waals surface area contributed by atoms with Gasteiger partial charge in [0.15, 0.2) is 0 Å². The average Bonchev–Trinajstić information content (AvgIpc) is 2.92. The summed E-state index contributed by atoms with van der Waals surface area (Å²) in [5.74, 6) is 0.0655. The van der Waals surface area contributed by atoms with E-state index in [-0.39, 0.29) is 12.0 Å². The molecule has 1 aromatic rings. The third-order valence-electron chi connectivity index (χ3n) is 3.43. The highest BCUT2D eigenvalue weighted by atomic mass is 16.3. The van der Waals surface area contributed by atoms with E-state index in [2.05, 4.69) is 9.88 Å². The molecule has 5 nitrogen and oxygen atoms in total. The third kappa shape index (κ3) is 3.11. The van der Waals surface area contributed by atoms with Crippen LogP contribution in [0.3, 0.4) is 0 Å². The van der Waals surface area contributed by atoms with E-state index < -0.39 is 0 Å². The lowest BCUT2D eigenvalue weighted by Gasteiger charge is -2.35. The number of aliphatic hydroxyl groups excluding tert-OH is 1. The molecule has 0 unspecified atom stereocenters. The maximum absolute atomic E-state index is 12.1. The predicted molar refractivity (Wildman–Crippen MR) is 69.4 cm³/mol. The van der Waals surface area contributed by atoms with Crippen molar-refractivity contribution in [2.24, 2.45) is 0 Å². The first kappa shape index (κ1) is 13.1. The van der Waals surface area contributed by atoms with Crippen LogP contribution in [0.2, 0.25) is 0 Å². The van der Waals surface area contributed by atoms with Gasteiger partial charge >= 0.3 is 0 Å². The van der Waals surface area contributed by atoms with E-state index in [1.54, 1.807) is 12.3 Å². The Labute approximate surface area is 107 Å². The van der Waals surface area contributed by atoms with Gasteiger partial charge in [0.05, 0.1) is 6.10 Å². The lowest BCUT2D eigenvalue weighted by molar-refractivity contribution is 0.0520. The number of nitrogens with zero attached hydrogens (tertiary/aromatic N) is 2. The molecule has 0 aromatic carbocycles. The van der Waals surface area contributed by atoms with Crippen LogP contribution in [-0.2, 0) is 0 Å². The van der Waals surface area contributed by atoms with E-state index in [9.17, 15) is 9.90 Å². The number of nitrogens with one attached hydrogen (secondary N) is 1. The van der Waals surface area contributed by atoms with Crippen LogP contribution in [0.25, 0.3) is 0 Å². The molecule has 1 aliphatic heterocycles. The molecule has 1 atom stereocenters. The normalized spacial score (nSPS) is 18.9. The number of H-pyrrole nitrogens is 1. The summed E-state index contributed by atoms with van der Waals surface area (Å²) >= 11 is 0. The number of carbonyl (C=O) groups excluding carboxylic acids is 1. The van der Waals surface area contributed by atoms with Gasteiger partial charge in [-0.25, -0.2) is 0 Å². The summed E-state index contributed by atoms with van der Waals surface area (Å²) in [7, 11) is 0. The van der Waals surface area contributed by atoms with E-state index in [1.165, 1.54) is 0 Å². The fourth-order valence-corrected chi connectivity index (χ4v) is 2.19. The van der Waals surface area contributed by atoms with Crippen LogP contribution in [0.15, 0.2) is 18.3 Å². The molecule has 0 radical (unpaired) electrons. The Hall–Kier alpha value is -1.33. The van der Waals surface area contributed by atoms with Crippen molar-refractivity contribution in [1.82, 2.24) is 14.8 Å². The van der Waals surface area contributed by atoms with Crippen molar-refractivity contribution < 1.29 is 9.90 Å². The number of aliphatic hydroxyl groups is 1. The van der Waals surface area contributed by atoms with Crippen molar-refractivity contribution in [2.45, 2.75) is 19.4 Å². The average molecular weight is 251 g/mol. The molecule has 0 saturated carbocycles. The molecule has 2 rings (SSSR count). The summed E-state index contributed by atoms with van der Waals surface area (Å²) in [4.78, 5) is 19.1. The highest BCUT2D eigenvalue weighted by Crippen LogP contribution is 2.08. The number of aromatic nitrogens is 1. The number of rotatable bonds is 4. The Balaban J connectivity index is 1.81. The Bertz CT molecular complexity index is 370. The van der Waals surface area contributed by atoms with E-state index in [0.717, 1.165) is 32.6 Å². The Morgan fingerprint density at radius 2 is 2.17 bits per heavy atom. The molecule has 2 N–H and O–H groups in total. The second kappa shape index (κ2) is 6.02. The number of β-amino-alcohol motifs (C(OH)–C–C–N with tert-alkyl or cyclic N) is 1. The van der Waals surface area contributed by atoms with Crippen molar-refractivity contribution in [2.75, 3.05) is 32.7 Å². The first-order chi connectivity index (χ1) is 8.70. The van der Waals surface area contributed by atoms with Gasteiger partial charge < -0.3 is 15.0 Å². The van der Waals surface area contributed by atoms with Crippen molar-refractivity contribution in [3.05, 3.63) is 24.0 Å². The first-order valence-corrected chi connectivity index (χ1v) is 6.53. The van der Waals surface area contributed by atoms with Gasteiger partial charge in [-0.15, -0.1) is 0 Å². The van der Waals surface area contributed by atoms with Gasteiger partial charge in [0.1, 0.15) is 5.69 Å². The first-order valence-electron chi connectivity index (χ1n) is 6.53. The van der Waals surface area contributed by atoms with E-state index >= 15 is 0 Å². The summed E-state index contributed by atoms with van der Waals surface area (Å²) < 4.78 is 0. The van der Waals surface area contributed by atoms with Gasteiger partial charge in [-0.05, 0) is 18.6 Å². The Morgan fingerprint density at radius 3 is 2.72 bits per heavy atom. The minimum absolute atomic E-state index is 0.0655. The Morgan fingerprint density at radius 1 is 1.44 bits per heavy atom. The van der Waals surface area contributed by atoms with Crippen molar-refractivity contribution >= 4 is 5.91 Å². The van der Waals surface area contributed by atoms with Crippen LogP contribution in [0.4, 0.5) is 0 Å². The molecular weight excluding hydrogens is 230 g/mol. The zero-order valence-electron chi connectivity index (χ0n) is 10.8. The molecule has 0 spiro atoms. The minimum atomic E-state index is -0.254. The number of piperazine rings is 1. The molecule has 0 bridgehead atoms. The maximum atomic E-state index is 12.1. The molecule has 5 heteroatoms. The smallest absolute Gasteiger partial charge is 0.270 e. The zero-order valence-corrected chi connectivity index (χ0v) is 10.8. The lowest BCUT2D eigenvalue weighted by Crippen LogP contribution is -2.50. The number of hydrogen-bond donors (Lipinski definition) is 2. The lowest BCUT2D eigenvalue weighted by atomic mass is 10.2. The van der Waals surface area contributed by atoms with Crippen LogP contribution < -0.4 is 0 Å². The second-order valence-corrected chi connectivity index (χ2v) is 4.74. The van der Waals surface area contributed by atoms with Gasteiger partial charge in [-0.2, -0.15) is 0 Å². The van der Waals surface area contributed by atoms with Crippen LogP contribution in [-0.4, -0.2) is 64.6 Å². The van der Waals surface area contributed by atoms with Gasteiger partial charge in [0.2, 0.25) is 0 Å². The fraction of sp³-hybridized carbons (Fsp3) is 0.615. The molecule has 1 aromatic heterocycles. The van der Waals surface area contributed by atoms with E-state index in [4.69, 9.17) is 0 Å². The third-order valence-corrected chi connectivity index (χ3v) is 3.43. The predicted octanol–water partition coefficient (Wildman–Crippen LogP) is 0.543. The quantitative estimate of drug-likeness (QED) is 0.821. The Kier molecular flexibility index (Phi) is 4.38. The summed E-state index contributed by atoms with van der Waals surface area (Å²) in [5.41, 5.74) is 0.650. The van der Waals surface area contributed by atoms with Crippen LogP contribution in [0, 0.1) is 0 Å². The van der Waals surface area contributed by atoms with E-state index in [1.807, 2.05) is 17.9 Å². The molecule has 1 aliphatic rings. The summed E-state index contributed by atoms with van der Waals surface area (Å²) in [6.07, 6.45) is 2.29. The number of aromatic amines is 1. The van der Waals surface area contributed by atoms with Crippen molar-refractivity contribution in [3.8, 4) is 0 Å². The highest BCUT2D eigenvalue weighted by Gasteiger charge is 2.23. The molecule has 100 valence electrons. The molecule has 1 fully saturated rings. The topological polar surface area (TPSA) is 59.6 Å². The summed E-state index contributed by atoms with van der Waals surface area (Å²) in [5, 5.41) is 9.61. The molecule has 0 aliphatic carbocycles. The maximum Gasteiger partial charge on any atom is 0.270 e. The summed E-state index contributed by atoms with van der Waals surface area (Å²) in [6.45, 7) is 5.83. The van der Waals surface area contributed by atoms with Crippen LogP contribution in [0.5, 0.6) is 0 Å². The molecular formula is C13H21N3O2. The van der Waals surface area contributed by atoms with Gasteiger partial charge in [-0.3, -0.25) is 9.69 Å². The molecule has 18 heavy (non-hydrogen) atoms. The van der Waals surface area contributed by atoms with Crippen LogP contribution >= 0.6 is 0 Å². The van der Waals surface area contributed by atoms with Crippen molar-refractivity contribution in [1.29, 1.82) is 0 Å². The number of amides is 1. The zero-order chi connectivity index (χ0) is 13.0. The largest absolute Gasteiger partial charge is 0.392 e. The highest BCUT2D eigenvalue weighted by molar-refractivity contribution is 5.92. The number of hydrogen-bond acceptors (Lipinski definition) is 3. The molecule has 1 amide bonds. The molecule has 2 heterocycles. The SMILES string of the molecule is CC[C@H](O)CN1CCN(C(=O)c2ccc[nH]2)CC1.